The maximum atomic E-state index is 13.9. The van der Waals surface area contributed by atoms with Crippen molar-refractivity contribution < 1.29 is 18.4 Å². The number of nitrogen functional groups attached to an aromatic ring is 1. The molecule has 0 saturated heterocycles. The third-order valence-electron chi connectivity index (χ3n) is 2.64. The van der Waals surface area contributed by atoms with E-state index in [2.05, 4.69) is 5.16 Å². The van der Waals surface area contributed by atoms with Crippen molar-refractivity contribution >= 4 is 5.82 Å². The Morgan fingerprint density at radius 3 is 2.83 bits per heavy atom. The quantitative estimate of drug-likeness (QED) is 0.840. The summed E-state index contributed by atoms with van der Waals surface area (Å²) in [7, 11) is 0. The summed E-state index contributed by atoms with van der Waals surface area (Å²) in [5.74, 6) is 0.793. The molecule has 18 heavy (non-hydrogen) atoms. The first kappa shape index (κ1) is 10.9. The minimum Gasteiger partial charge on any atom is -0.490 e. The van der Waals surface area contributed by atoms with E-state index >= 15 is 0 Å². The van der Waals surface area contributed by atoms with Crippen LogP contribution in [0, 0.1) is 5.82 Å². The lowest BCUT2D eigenvalue weighted by Gasteiger charge is -2.11. The smallest absolute Gasteiger partial charge is 0.175 e. The van der Waals surface area contributed by atoms with Gasteiger partial charge in [0.05, 0.1) is 13.2 Å². The predicted octanol–water partition coefficient (Wildman–Crippen LogP) is 2.22. The lowest BCUT2D eigenvalue weighted by Crippen LogP contribution is -1.98. The number of anilines is 1. The van der Waals surface area contributed by atoms with E-state index in [1.54, 1.807) is 6.07 Å². The van der Waals surface area contributed by atoms with Gasteiger partial charge < -0.3 is 19.7 Å². The van der Waals surface area contributed by atoms with Crippen LogP contribution in [0.2, 0.25) is 0 Å². The first-order valence-electron chi connectivity index (χ1n) is 5.56. The highest BCUT2D eigenvalue weighted by Gasteiger charge is 2.22. The Hall–Kier alpha value is -2.24. The number of ether oxygens (including phenoxy) is 2. The summed E-state index contributed by atoms with van der Waals surface area (Å²) in [4.78, 5) is 0. The second-order valence-corrected chi connectivity index (χ2v) is 3.92. The van der Waals surface area contributed by atoms with Crippen molar-refractivity contribution in [2.45, 2.75) is 6.42 Å². The third kappa shape index (κ3) is 1.75. The summed E-state index contributed by atoms with van der Waals surface area (Å²) in [6.07, 6.45) is 0.744. The zero-order valence-electron chi connectivity index (χ0n) is 9.48. The Labute approximate surface area is 102 Å². The second-order valence-electron chi connectivity index (χ2n) is 3.92. The van der Waals surface area contributed by atoms with Crippen LogP contribution in [0.15, 0.2) is 22.7 Å². The molecule has 2 aromatic rings. The van der Waals surface area contributed by atoms with Crippen molar-refractivity contribution in [3.8, 4) is 22.8 Å². The molecule has 2 N–H and O–H groups in total. The van der Waals surface area contributed by atoms with Gasteiger partial charge in [-0.05, 0) is 12.1 Å². The van der Waals surface area contributed by atoms with Gasteiger partial charge in [-0.25, -0.2) is 4.39 Å². The topological polar surface area (TPSA) is 70.5 Å². The number of aromatic nitrogens is 1. The summed E-state index contributed by atoms with van der Waals surface area (Å²) in [5.41, 5.74) is 5.67. The van der Waals surface area contributed by atoms with Crippen LogP contribution in [0.25, 0.3) is 11.3 Å². The average Bonchev–Trinajstić information content (AvgIpc) is 2.63. The van der Waals surface area contributed by atoms with Gasteiger partial charge in [-0.3, -0.25) is 0 Å². The Bertz CT molecular complexity index is 583. The standard InChI is InChI=1S/C12H11FN2O3/c13-7-2-3-8-12(17-5-1-4-16-8)11(7)9-6-10(14)15-18-9/h2-3,6H,1,4-5H2,(H2,14,15). The number of benzene rings is 1. The average molecular weight is 250 g/mol. The highest BCUT2D eigenvalue weighted by molar-refractivity contribution is 5.72. The summed E-state index contributed by atoms with van der Waals surface area (Å²) in [6.45, 7) is 1.00. The lowest BCUT2D eigenvalue weighted by molar-refractivity contribution is 0.296. The van der Waals surface area contributed by atoms with Crippen LogP contribution in [0.5, 0.6) is 11.5 Å². The number of hydrogen-bond donors (Lipinski definition) is 1. The van der Waals surface area contributed by atoms with Crippen molar-refractivity contribution in [1.29, 1.82) is 0 Å². The molecule has 1 aromatic heterocycles. The molecule has 5 nitrogen and oxygen atoms in total. The number of nitrogens with zero attached hydrogens (tertiary/aromatic N) is 1. The normalized spacial score (nSPS) is 14.3. The summed E-state index contributed by atoms with van der Waals surface area (Å²) < 4.78 is 29.9. The Morgan fingerprint density at radius 1 is 1.22 bits per heavy atom. The van der Waals surface area contributed by atoms with Gasteiger partial charge in [-0.2, -0.15) is 0 Å². The molecule has 1 aliphatic rings. The molecule has 2 heterocycles. The molecular formula is C12H11FN2O3. The molecule has 6 heteroatoms. The van der Waals surface area contributed by atoms with E-state index in [9.17, 15) is 4.39 Å². The van der Waals surface area contributed by atoms with E-state index in [1.807, 2.05) is 0 Å². The molecule has 1 aromatic carbocycles. The number of hydrogen-bond acceptors (Lipinski definition) is 5. The van der Waals surface area contributed by atoms with Crippen molar-refractivity contribution in [1.82, 2.24) is 5.16 Å². The molecule has 0 saturated carbocycles. The molecule has 0 amide bonds. The monoisotopic (exact) mass is 250 g/mol. The molecule has 0 radical (unpaired) electrons. The predicted molar refractivity (Wildman–Crippen MR) is 61.9 cm³/mol. The highest BCUT2D eigenvalue weighted by Crippen LogP contribution is 2.41. The maximum absolute atomic E-state index is 13.9. The minimum absolute atomic E-state index is 0.191. The van der Waals surface area contributed by atoms with Crippen LogP contribution in [0.3, 0.4) is 0 Å². The van der Waals surface area contributed by atoms with E-state index in [1.165, 1.54) is 12.1 Å². The zero-order valence-corrected chi connectivity index (χ0v) is 9.48. The minimum atomic E-state index is -0.463. The van der Waals surface area contributed by atoms with E-state index in [4.69, 9.17) is 19.7 Å². The van der Waals surface area contributed by atoms with Crippen LogP contribution < -0.4 is 15.2 Å². The molecule has 94 valence electrons. The molecule has 1 aliphatic heterocycles. The number of fused-ring (bicyclic) bond motifs is 1. The molecule has 3 rings (SSSR count). The molecule has 0 aliphatic carbocycles. The fraction of sp³-hybridized carbons (Fsp3) is 0.250. The van der Waals surface area contributed by atoms with Crippen LogP contribution >= 0.6 is 0 Å². The van der Waals surface area contributed by atoms with Gasteiger partial charge in [-0.15, -0.1) is 0 Å². The summed E-state index contributed by atoms with van der Waals surface area (Å²) in [5, 5.41) is 3.55. The van der Waals surface area contributed by atoms with E-state index < -0.39 is 5.82 Å². The summed E-state index contributed by atoms with van der Waals surface area (Å²) in [6, 6.07) is 4.30. The second kappa shape index (κ2) is 4.21. The summed E-state index contributed by atoms with van der Waals surface area (Å²) >= 11 is 0. The Balaban J connectivity index is 2.18. The number of rotatable bonds is 1. The first-order chi connectivity index (χ1) is 8.75. The third-order valence-corrected chi connectivity index (χ3v) is 2.64. The number of nitrogens with two attached hydrogens (primary N) is 1. The molecule has 0 spiro atoms. The van der Waals surface area contributed by atoms with Crippen LogP contribution in [-0.4, -0.2) is 18.4 Å². The van der Waals surface area contributed by atoms with Crippen LogP contribution in [0.4, 0.5) is 10.2 Å². The van der Waals surface area contributed by atoms with Gasteiger partial charge >= 0.3 is 0 Å². The molecule has 0 atom stereocenters. The first-order valence-corrected chi connectivity index (χ1v) is 5.56. The van der Waals surface area contributed by atoms with Gasteiger partial charge in [0.15, 0.2) is 23.1 Å². The van der Waals surface area contributed by atoms with Crippen molar-refractivity contribution in [3.63, 3.8) is 0 Å². The highest BCUT2D eigenvalue weighted by atomic mass is 19.1. The molecule has 0 bridgehead atoms. The lowest BCUT2D eigenvalue weighted by atomic mass is 10.1. The molecule has 0 unspecified atom stereocenters. The van der Waals surface area contributed by atoms with Crippen molar-refractivity contribution in [2.24, 2.45) is 0 Å². The fourth-order valence-electron chi connectivity index (χ4n) is 1.85. The van der Waals surface area contributed by atoms with Crippen LogP contribution in [-0.2, 0) is 0 Å². The maximum Gasteiger partial charge on any atom is 0.175 e. The molecular weight excluding hydrogens is 239 g/mol. The molecule has 0 fully saturated rings. The van der Waals surface area contributed by atoms with Crippen molar-refractivity contribution in [3.05, 3.63) is 24.0 Å². The van der Waals surface area contributed by atoms with E-state index in [-0.39, 0.29) is 17.1 Å². The number of halogens is 1. The van der Waals surface area contributed by atoms with E-state index in [0.717, 1.165) is 6.42 Å². The van der Waals surface area contributed by atoms with Gasteiger partial charge in [0.25, 0.3) is 0 Å². The van der Waals surface area contributed by atoms with Crippen molar-refractivity contribution in [2.75, 3.05) is 18.9 Å². The fourth-order valence-corrected chi connectivity index (χ4v) is 1.85. The van der Waals surface area contributed by atoms with Gasteiger partial charge in [0.1, 0.15) is 11.4 Å². The Kier molecular flexibility index (Phi) is 2.55. The Morgan fingerprint density at radius 2 is 2.06 bits per heavy atom. The van der Waals surface area contributed by atoms with Gasteiger partial charge in [0, 0.05) is 12.5 Å². The largest absolute Gasteiger partial charge is 0.490 e. The van der Waals surface area contributed by atoms with Gasteiger partial charge in [0.2, 0.25) is 0 Å². The van der Waals surface area contributed by atoms with Crippen LogP contribution in [0.1, 0.15) is 6.42 Å². The zero-order chi connectivity index (χ0) is 12.5. The van der Waals surface area contributed by atoms with Gasteiger partial charge in [-0.1, -0.05) is 5.16 Å². The SMILES string of the molecule is Nc1cc(-c2c(F)ccc3c2OCCCO3)on1. The van der Waals surface area contributed by atoms with E-state index in [0.29, 0.717) is 24.7 Å².